The maximum Gasteiger partial charge on any atom is 0.258 e. The number of thioether (sulfide) groups is 1. The van der Waals surface area contributed by atoms with Crippen molar-refractivity contribution in [3.63, 3.8) is 0 Å². The molecule has 0 radical (unpaired) electrons. The SMILES string of the molecule is CC(C)CC1COc2ccccc2N(CC(=O)C(C)C)C1=O.CC(C)NC1CCC(=O)N2CCCC(C(=O)C(C)C)N2C1=O.CC(C)NC1CCC2SCC(C(=O)C(C)C)N2C1=O. The largest absolute Gasteiger partial charge is 0.491 e. The number of hydrazine groups is 1. The quantitative estimate of drug-likeness (QED) is 0.237. The maximum atomic E-state index is 12.9. The van der Waals surface area contributed by atoms with Gasteiger partial charge in [-0.1, -0.05) is 95.2 Å². The lowest BCUT2D eigenvalue weighted by molar-refractivity contribution is -0.176. The summed E-state index contributed by atoms with van der Waals surface area (Å²) in [6.45, 7) is 24.5. The van der Waals surface area contributed by atoms with E-state index >= 15 is 0 Å². The summed E-state index contributed by atoms with van der Waals surface area (Å²) in [7, 11) is 0. The van der Waals surface area contributed by atoms with E-state index in [1.165, 1.54) is 10.0 Å². The number of ether oxygens (including phenoxy) is 1. The molecule has 15 heteroatoms. The fourth-order valence-electron chi connectivity index (χ4n) is 8.73. The molecule has 0 saturated carbocycles. The van der Waals surface area contributed by atoms with Gasteiger partial charge in [0, 0.05) is 48.6 Å². The first-order chi connectivity index (χ1) is 29.6. The van der Waals surface area contributed by atoms with Crippen LogP contribution in [-0.4, -0.2) is 123 Å². The summed E-state index contributed by atoms with van der Waals surface area (Å²) in [6, 6.07) is 6.68. The molecule has 0 bridgehead atoms. The van der Waals surface area contributed by atoms with E-state index in [2.05, 4.69) is 38.3 Å². The number of nitrogens with zero attached hydrogens (tertiary/aromatic N) is 4. The average Bonchev–Trinajstić information content (AvgIpc) is 3.57. The second-order valence-electron chi connectivity index (χ2n) is 19.5. The molecule has 5 aliphatic heterocycles. The second-order valence-corrected chi connectivity index (χ2v) is 20.7. The lowest BCUT2D eigenvalue weighted by Crippen LogP contribution is -2.62. The highest BCUT2D eigenvalue weighted by molar-refractivity contribution is 8.00. The lowest BCUT2D eigenvalue weighted by atomic mass is 9.95. The zero-order valence-corrected chi connectivity index (χ0v) is 40.8. The summed E-state index contributed by atoms with van der Waals surface area (Å²) in [5, 5.41) is 9.74. The highest BCUT2D eigenvalue weighted by Crippen LogP contribution is 2.38. The minimum atomic E-state index is -0.500. The molecular weight excluding hydrogens is 821 g/mol. The molecule has 4 amide bonds. The van der Waals surface area contributed by atoms with Gasteiger partial charge in [0.1, 0.15) is 17.8 Å². The number of para-hydroxylation sites is 2. The number of hydrogen-bond acceptors (Lipinski definition) is 11. The standard InChI is InChI=1S/C18H25NO3.C16H27N3O3.C14H24N2O2S/c1-12(2)9-14-11-22-17-8-6-5-7-15(17)19(18(14)21)10-16(20)13(3)4;1-10(2)15(21)13-6-5-9-18-14(20)8-7-12(17-11(3)4)16(22)19(13)18;1-8(2)13(17)11-7-19-12-6-5-10(15-9(3)4)14(18)16(11)12/h5-8,12-14H,9-11H2,1-4H3;10-13,17H,5-9H2,1-4H3;8-12,15H,5-7H2,1-4H3. The Morgan fingerprint density at radius 2 is 1.33 bits per heavy atom. The van der Waals surface area contributed by atoms with Gasteiger partial charge in [0.05, 0.1) is 42.2 Å². The van der Waals surface area contributed by atoms with Crippen molar-refractivity contribution in [2.24, 2.45) is 29.6 Å². The van der Waals surface area contributed by atoms with Crippen LogP contribution in [0.2, 0.25) is 0 Å². The van der Waals surface area contributed by atoms with Crippen molar-refractivity contribution in [2.45, 2.75) is 170 Å². The minimum absolute atomic E-state index is 0.00409. The molecule has 6 rings (SSSR count). The van der Waals surface area contributed by atoms with E-state index in [1.54, 1.807) is 16.7 Å². The Bertz CT molecular complexity index is 1780. The molecule has 0 aromatic heterocycles. The van der Waals surface area contributed by atoms with Gasteiger partial charge in [-0.15, -0.1) is 11.8 Å². The third-order valence-corrected chi connectivity index (χ3v) is 13.4. The van der Waals surface area contributed by atoms with Crippen LogP contribution in [0.5, 0.6) is 5.75 Å². The van der Waals surface area contributed by atoms with Crippen LogP contribution in [0, 0.1) is 29.6 Å². The molecule has 0 aliphatic carbocycles. The Kier molecular flexibility index (Phi) is 19.2. The molecule has 1 aromatic rings. The Balaban J connectivity index is 0.000000208. The van der Waals surface area contributed by atoms with Gasteiger partial charge >= 0.3 is 0 Å². The number of piperidine rings is 1. The van der Waals surface area contributed by atoms with Crippen LogP contribution in [-0.2, 0) is 33.6 Å². The monoisotopic (exact) mass is 897 g/mol. The Morgan fingerprint density at radius 1 is 0.730 bits per heavy atom. The van der Waals surface area contributed by atoms with Crippen LogP contribution < -0.4 is 20.3 Å². The number of ketones is 3. The number of carbonyl (C=O) groups is 7. The van der Waals surface area contributed by atoms with Gasteiger partial charge in [-0.05, 0) is 56.6 Å². The lowest BCUT2D eigenvalue weighted by Gasteiger charge is -2.43. The third-order valence-electron chi connectivity index (χ3n) is 12.0. The fraction of sp³-hybridized carbons (Fsp3) is 0.729. The summed E-state index contributed by atoms with van der Waals surface area (Å²) < 4.78 is 5.83. The number of anilines is 1. The second kappa shape index (κ2) is 23.4. The number of rotatable bonds is 13. The van der Waals surface area contributed by atoms with Gasteiger partial charge < -0.3 is 25.2 Å². The molecule has 1 aromatic carbocycles. The Hall–Kier alpha value is -3.82. The Labute approximate surface area is 380 Å². The van der Waals surface area contributed by atoms with Crippen LogP contribution in [0.25, 0.3) is 0 Å². The van der Waals surface area contributed by atoms with Crippen molar-refractivity contribution in [1.29, 1.82) is 0 Å². The zero-order chi connectivity index (χ0) is 46.9. The molecule has 6 unspecified atom stereocenters. The molecule has 2 N–H and O–H groups in total. The molecule has 352 valence electrons. The fourth-order valence-corrected chi connectivity index (χ4v) is 10.2. The number of fused-ring (bicyclic) bond motifs is 3. The molecular formula is C48H76N6O8S. The van der Waals surface area contributed by atoms with Crippen molar-refractivity contribution in [1.82, 2.24) is 25.6 Å². The van der Waals surface area contributed by atoms with Crippen LogP contribution in [0.15, 0.2) is 24.3 Å². The topological polar surface area (TPSA) is 166 Å². The summed E-state index contributed by atoms with van der Waals surface area (Å²) in [5.74, 6) is 1.63. The molecule has 5 heterocycles. The first-order valence-electron chi connectivity index (χ1n) is 23.4. The molecule has 0 spiro atoms. The van der Waals surface area contributed by atoms with Crippen LogP contribution >= 0.6 is 11.8 Å². The van der Waals surface area contributed by atoms with Gasteiger partial charge in [-0.2, -0.15) is 0 Å². The molecule has 14 nitrogen and oxygen atoms in total. The van der Waals surface area contributed by atoms with E-state index in [0.29, 0.717) is 55.8 Å². The number of Topliss-reactive ketones (excluding diaryl/α,β-unsaturated/α-hetero) is 3. The average molecular weight is 897 g/mol. The molecule has 6 atom stereocenters. The minimum Gasteiger partial charge on any atom is -0.491 e. The van der Waals surface area contributed by atoms with Gasteiger partial charge in [0.2, 0.25) is 17.7 Å². The molecule has 63 heavy (non-hydrogen) atoms. The van der Waals surface area contributed by atoms with Gasteiger partial charge in [-0.25, -0.2) is 5.01 Å². The van der Waals surface area contributed by atoms with E-state index in [1.807, 2.05) is 84.6 Å². The summed E-state index contributed by atoms with van der Waals surface area (Å²) >= 11 is 1.76. The van der Waals surface area contributed by atoms with Crippen molar-refractivity contribution in [3.8, 4) is 5.75 Å². The number of hydrogen-bond donors (Lipinski definition) is 2. The van der Waals surface area contributed by atoms with E-state index in [9.17, 15) is 33.6 Å². The maximum absolute atomic E-state index is 12.9. The van der Waals surface area contributed by atoms with Gasteiger partial charge in [0.15, 0.2) is 17.3 Å². The summed E-state index contributed by atoms with van der Waals surface area (Å²) in [6.07, 6.45) is 4.87. The van der Waals surface area contributed by atoms with Gasteiger partial charge in [0.25, 0.3) is 5.91 Å². The van der Waals surface area contributed by atoms with Gasteiger partial charge in [-0.3, -0.25) is 38.6 Å². The number of carbonyl (C=O) groups excluding carboxylic acids is 7. The normalized spacial score (nSPS) is 25.0. The van der Waals surface area contributed by atoms with E-state index in [0.717, 1.165) is 31.4 Å². The zero-order valence-electron chi connectivity index (χ0n) is 40.0. The number of benzene rings is 1. The van der Waals surface area contributed by atoms with Crippen molar-refractivity contribution in [2.75, 3.05) is 30.3 Å². The third kappa shape index (κ3) is 13.4. The van der Waals surface area contributed by atoms with E-state index < -0.39 is 12.1 Å². The molecule has 5 aliphatic rings. The van der Waals surface area contributed by atoms with Crippen LogP contribution in [0.3, 0.4) is 0 Å². The van der Waals surface area contributed by atoms with Crippen molar-refractivity contribution >= 4 is 58.4 Å². The van der Waals surface area contributed by atoms with Crippen molar-refractivity contribution in [3.05, 3.63) is 24.3 Å². The van der Waals surface area contributed by atoms with Crippen molar-refractivity contribution < 1.29 is 38.3 Å². The first-order valence-corrected chi connectivity index (χ1v) is 24.4. The smallest absolute Gasteiger partial charge is 0.258 e. The summed E-state index contributed by atoms with van der Waals surface area (Å²) in [5.41, 5.74) is 0.702. The Morgan fingerprint density at radius 3 is 1.92 bits per heavy atom. The van der Waals surface area contributed by atoms with Crippen LogP contribution in [0.4, 0.5) is 5.69 Å². The molecule has 4 saturated heterocycles. The molecule has 4 fully saturated rings. The number of nitrogens with one attached hydrogen (secondary N) is 2. The highest BCUT2D eigenvalue weighted by atomic mass is 32.2. The first kappa shape index (κ1) is 51.8. The predicted molar refractivity (Wildman–Crippen MR) is 248 cm³/mol. The van der Waals surface area contributed by atoms with E-state index in [-0.39, 0.29) is 94.7 Å². The summed E-state index contributed by atoms with van der Waals surface area (Å²) in [4.78, 5) is 91.1. The van der Waals surface area contributed by atoms with Crippen LogP contribution in [0.1, 0.15) is 128 Å². The highest BCUT2D eigenvalue weighted by Gasteiger charge is 2.47. The predicted octanol–water partition coefficient (Wildman–Crippen LogP) is 6.05. The number of amides is 4. The van der Waals surface area contributed by atoms with E-state index in [4.69, 9.17) is 4.74 Å².